The van der Waals surface area contributed by atoms with Gasteiger partial charge in [-0.05, 0) is 26.2 Å². The lowest BCUT2D eigenvalue weighted by molar-refractivity contribution is -0.150. The molecule has 1 aliphatic rings. The smallest absolute Gasteiger partial charge is 0.389 e. The number of hydrogen-bond acceptors (Lipinski definition) is 3. The van der Waals surface area contributed by atoms with Gasteiger partial charge in [0.25, 0.3) is 0 Å². The van der Waals surface area contributed by atoms with Crippen LogP contribution in [0.3, 0.4) is 0 Å². The lowest BCUT2D eigenvalue weighted by Crippen LogP contribution is -2.23. The lowest BCUT2D eigenvalue weighted by Gasteiger charge is -2.20. The van der Waals surface area contributed by atoms with Gasteiger partial charge in [-0.2, -0.15) is 13.2 Å². The third-order valence-electron chi connectivity index (χ3n) is 3.04. The zero-order valence-electron chi connectivity index (χ0n) is 11.2. The van der Waals surface area contributed by atoms with E-state index in [0.29, 0.717) is 12.8 Å². The number of esters is 1. The SMILES string of the molecule is CC1CC(OCCCC(F)(F)F)CCCCC(=O)O1. The van der Waals surface area contributed by atoms with Crippen molar-refractivity contribution in [2.75, 3.05) is 6.61 Å². The van der Waals surface area contributed by atoms with Crippen molar-refractivity contribution in [2.24, 2.45) is 0 Å². The molecule has 3 nitrogen and oxygen atoms in total. The zero-order chi connectivity index (χ0) is 14.3. The highest BCUT2D eigenvalue weighted by Gasteiger charge is 2.26. The van der Waals surface area contributed by atoms with E-state index in [-0.39, 0.29) is 31.2 Å². The molecule has 0 aromatic heterocycles. The number of carbonyl (C=O) groups is 1. The van der Waals surface area contributed by atoms with Crippen LogP contribution in [-0.4, -0.2) is 31.0 Å². The van der Waals surface area contributed by atoms with Crippen LogP contribution in [0.5, 0.6) is 0 Å². The molecule has 0 aliphatic carbocycles. The monoisotopic (exact) mass is 282 g/mol. The molecule has 2 atom stereocenters. The molecular formula is C13H21F3O3. The van der Waals surface area contributed by atoms with Crippen LogP contribution < -0.4 is 0 Å². The number of alkyl halides is 3. The van der Waals surface area contributed by atoms with Crippen LogP contribution in [-0.2, 0) is 14.3 Å². The molecule has 0 aromatic carbocycles. The molecular weight excluding hydrogens is 261 g/mol. The number of hydrogen-bond donors (Lipinski definition) is 0. The van der Waals surface area contributed by atoms with E-state index in [2.05, 4.69) is 0 Å². The average molecular weight is 282 g/mol. The summed E-state index contributed by atoms with van der Waals surface area (Å²) < 4.78 is 46.6. The molecule has 1 aliphatic heterocycles. The van der Waals surface area contributed by atoms with Crippen molar-refractivity contribution in [3.63, 3.8) is 0 Å². The summed E-state index contributed by atoms with van der Waals surface area (Å²) in [4.78, 5) is 11.3. The van der Waals surface area contributed by atoms with Crippen molar-refractivity contribution in [1.82, 2.24) is 0 Å². The van der Waals surface area contributed by atoms with Gasteiger partial charge in [-0.1, -0.05) is 6.42 Å². The molecule has 0 bridgehead atoms. The molecule has 6 heteroatoms. The lowest BCUT2D eigenvalue weighted by atomic mass is 10.1. The Morgan fingerprint density at radius 3 is 2.79 bits per heavy atom. The summed E-state index contributed by atoms with van der Waals surface area (Å²) in [5.74, 6) is -0.203. The van der Waals surface area contributed by atoms with Gasteiger partial charge in [0.2, 0.25) is 0 Å². The van der Waals surface area contributed by atoms with Gasteiger partial charge in [-0.3, -0.25) is 4.79 Å². The predicted octanol–water partition coefficient (Wildman–Crippen LogP) is 3.61. The van der Waals surface area contributed by atoms with Crippen LogP contribution in [0.15, 0.2) is 0 Å². The van der Waals surface area contributed by atoms with Crippen molar-refractivity contribution >= 4 is 5.97 Å². The van der Waals surface area contributed by atoms with E-state index in [1.54, 1.807) is 6.92 Å². The Labute approximate surface area is 111 Å². The van der Waals surface area contributed by atoms with Crippen LogP contribution in [0.25, 0.3) is 0 Å². The molecule has 1 saturated heterocycles. The van der Waals surface area contributed by atoms with Gasteiger partial charge in [0.05, 0.1) is 6.10 Å². The van der Waals surface area contributed by atoms with Gasteiger partial charge in [0, 0.05) is 25.9 Å². The Kier molecular flexibility index (Phi) is 6.62. The molecule has 1 fully saturated rings. The summed E-state index contributed by atoms with van der Waals surface area (Å²) >= 11 is 0. The first-order valence-electron chi connectivity index (χ1n) is 6.74. The minimum absolute atomic E-state index is 0.0197. The maximum Gasteiger partial charge on any atom is 0.389 e. The van der Waals surface area contributed by atoms with Crippen LogP contribution in [0.4, 0.5) is 13.2 Å². The molecule has 0 aromatic rings. The summed E-state index contributed by atoms with van der Waals surface area (Å²) in [6, 6.07) is 0. The van der Waals surface area contributed by atoms with Crippen LogP contribution in [0.2, 0.25) is 0 Å². The Morgan fingerprint density at radius 2 is 2.11 bits per heavy atom. The highest BCUT2D eigenvalue weighted by atomic mass is 19.4. The molecule has 0 spiro atoms. The summed E-state index contributed by atoms with van der Waals surface area (Å²) in [5, 5.41) is 0. The van der Waals surface area contributed by atoms with E-state index in [4.69, 9.17) is 9.47 Å². The molecule has 0 saturated carbocycles. The van der Waals surface area contributed by atoms with Crippen LogP contribution in [0.1, 0.15) is 51.9 Å². The maximum atomic E-state index is 12.0. The normalized spacial score (nSPS) is 26.2. The number of rotatable bonds is 4. The quantitative estimate of drug-likeness (QED) is 0.583. The van der Waals surface area contributed by atoms with Crippen molar-refractivity contribution < 1.29 is 27.4 Å². The minimum Gasteiger partial charge on any atom is -0.463 e. The van der Waals surface area contributed by atoms with Gasteiger partial charge >= 0.3 is 12.1 Å². The first-order valence-corrected chi connectivity index (χ1v) is 6.74. The Morgan fingerprint density at radius 1 is 1.37 bits per heavy atom. The number of ether oxygens (including phenoxy) is 2. The fraction of sp³-hybridized carbons (Fsp3) is 0.923. The maximum absolute atomic E-state index is 12.0. The molecule has 0 N–H and O–H groups in total. The standard InChI is InChI=1S/C13H21F3O3/c1-10-9-11(5-2-3-6-12(17)19-10)18-8-4-7-13(14,15)16/h10-11H,2-9H2,1H3. The molecule has 19 heavy (non-hydrogen) atoms. The van der Waals surface area contributed by atoms with Gasteiger partial charge < -0.3 is 9.47 Å². The highest BCUT2D eigenvalue weighted by molar-refractivity contribution is 5.69. The van der Waals surface area contributed by atoms with Crippen LogP contribution in [0, 0.1) is 0 Å². The van der Waals surface area contributed by atoms with Crippen molar-refractivity contribution in [1.29, 1.82) is 0 Å². The highest BCUT2D eigenvalue weighted by Crippen LogP contribution is 2.22. The van der Waals surface area contributed by atoms with Gasteiger partial charge in [0.15, 0.2) is 0 Å². The number of carbonyl (C=O) groups excluding carboxylic acids is 1. The summed E-state index contributed by atoms with van der Waals surface area (Å²) in [7, 11) is 0. The Balaban J connectivity index is 2.28. The van der Waals surface area contributed by atoms with E-state index in [1.807, 2.05) is 0 Å². The first-order chi connectivity index (χ1) is 8.87. The number of cyclic esters (lactones) is 1. The minimum atomic E-state index is -4.12. The predicted molar refractivity (Wildman–Crippen MR) is 63.7 cm³/mol. The number of halogens is 3. The average Bonchev–Trinajstić information content (AvgIpc) is 2.34. The Hall–Kier alpha value is -0.780. The topological polar surface area (TPSA) is 35.5 Å². The van der Waals surface area contributed by atoms with E-state index in [0.717, 1.165) is 19.3 Å². The summed E-state index contributed by atoms with van der Waals surface area (Å²) in [5.41, 5.74) is 0. The first kappa shape index (κ1) is 16.3. The van der Waals surface area contributed by atoms with Crippen molar-refractivity contribution in [2.45, 2.75) is 70.3 Å². The Bertz CT molecular complexity index is 279. The second-order valence-corrected chi connectivity index (χ2v) is 4.99. The second-order valence-electron chi connectivity index (χ2n) is 4.99. The molecule has 1 heterocycles. The van der Waals surface area contributed by atoms with Gasteiger partial charge in [-0.25, -0.2) is 0 Å². The summed E-state index contributed by atoms with van der Waals surface area (Å²) in [6.07, 6.45) is -1.99. The third-order valence-corrected chi connectivity index (χ3v) is 3.04. The third kappa shape index (κ3) is 8.08. The molecule has 112 valence electrons. The molecule has 2 unspecified atom stereocenters. The van der Waals surface area contributed by atoms with E-state index < -0.39 is 12.6 Å². The fourth-order valence-corrected chi connectivity index (χ4v) is 2.13. The van der Waals surface area contributed by atoms with E-state index in [1.165, 1.54) is 0 Å². The molecule has 0 amide bonds. The van der Waals surface area contributed by atoms with Crippen molar-refractivity contribution in [3.8, 4) is 0 Å². The van der Waals surface area contributed by atoms with Gasteiger partial charge in [-0.15, -0.1) is 0 Å². The molecule has 0 radical (unpaired) electrons. The second kappa shape index (κ2) is 7.72. The fourth-order valence-electron chi connectivity index (χ4n) is 2.13. The summed E-state index contributed by atoms with van der Waals surface area (Å²) in [6.45, 7) is 1.89. The van der Waals surface area contributed by atoms with Crippen LogP contribution >= 0.6 is 0 Å². The van der Waals surface area contributed by atoms with Crippen molar-refractivity contribution in [3.05, 3.63) is 0 Å². The van der Waals surface area contributed by atoms with E-state index in [9.17, 15) is 18.0 Å². The largest absolute Gasteiger partial charge is 0.463 e. The van der Waals surface area contributed by atoms with Gasteiger partial charge in [0.1, 0.15) is 6.10 Å². The molecule has 1 rings (SSSR count). The zero-order valence-corrected chi connectivity index (χ0v) is 11.2. The van der Waals surface area contributed by atoms with E-state index >= 15 is 0 Å².